The van der Waals surface area contributed by atoms with Crippen LogP contribution in [0.2, 0.25) is 0 Å². The normalized spacial score (nSPS) is 41.3. The first kappa shape index (κ1) is 22.3. The highest BCUT2D eigenvalue weighted by atomic mass is 16.8. The molecule has 0 unspecified atom stereocenters. The summed E-state index contributed by atoms with van der Waals surface area (Å²) in [5.41, 5.74) is 2.34. The maximum atomic E-state index is 12.8. The minimum absolute atomic E-state index is 0.101. The highest BCUT2D eigenvalue weighted by molar-refractivity contribution is 5.78. The van der Waals surface area contributed by atoms with E-state index in [1.54, 1.807) is 0 Å². The van der Waals surface area contributed by atoms with E-state index in [1.165, 1.54) is 25.8 Å². The van der Waals surface area contributed by atoms with E-state index in [-0.39, 0.29) is 28.7 Å². The van der Waals surface area contributed by atoms with E-state index in [0.29, 0.717) is 6.42 Å². The predicted octanol–water partition coefficient (Wildman–Crippen LogP) is 3.90. The van der Waals surface area contributed by atoms with Crippen LogP contribution < -0.4 is 0 Å². The Morgan fingerprint density at radius 1 is 1.06 bits per heavy atom. The Balaban J connectivity index is 1.84. The summed E-state index contributed by atoms with van der Waals surface area (Å²) in [6, 6.07) is 0. The molecular formula is C24H34O7. The maximum Gasteiger partial charge on any atom is 0.315 e. The summed E-state index contributed by atoms with van der Waals surface area (Å²) >= 11 is 0. The van der Waals surface area contributed by atoms with Crippen molar-refractivity contribution < 1.29 is 33.3 Å². The summed E-state index contributed by atoms with van der Waals surface area (Å²) in [4.78, 5) is 36.5. The summed E-state index contributed by atoms with van der Waals surface area (Å²) in [5, 5.41) is 0. The molecule has 2 saturated heterocycles. The molecule has 7 heteroatoms. The lowest BCUT2D eigenvalue weighted by molar-refractivity contribution is -0.221. The minimum atomic E-state index is -0.915. The molecule has 4 rings (SSSR count). The fourth-order valence-electron chi connectivity index (χ4n) is 6.72. The molecule has 0 N–H and O–H groups in total. The molecule has 3 fully saturated rings. The molecule has 2 heterocycles. The zero-order valence-electron chi connectivity index (χ0n) is 19.4. The van der Waals surface area contributed by atoms with Gasteiger partial charge in [0, 0.05) is 20.3 Å². The van der Waals surface area contributed by atoms with E-state index in [4.69, 9.17) is 18.9 Å². The zero-order chi connectivity index (χ0) is 22.7. The second-order valence-electron chi connectivity index (χ2n) is 10.8. The Kier molecular flexibility index (Phi) is 5.48. The lowest BCUT2D eigenvalue weighted by Crippen LogP contribution is -2.49. The molecule has 2 aliphatic carbocycles. The van der Waals surface area contributed by atoms with Crippen molar-refractivity contribution in [1.82, 2.24) is 0 Å². The zero-order valence-corrected chi connectivity index (χ0v) is 19.4. The highest BCUT2D eigenvalue weighted by Crippen LogP contribution is 2.59. The van der Waals surface area contributed by atoms with Crippen molar-refractivity contribution in [3.63, 3.8) is 0 Å². The van der Waals surface area contributed by atoms with Gasteiger partial charge in [0.1, 0.15) is 6.10 Å². The van der Waals surface area contributed by atoms with E-state index >= 15 is 0 Å². The van der Waals surface area contributed by atoms with Crippen LogP contribution in [-0.2, 0) is 33.3 Å². The molecule has 0 radical (unpaired) electrons. The van der Waals surface area contributed by atoms with Crippen molar-refractivity contribution in [2.75, 3.05) is 0 Å². The van der Waals surface area contributed by atoms with Crippen LogP contribution in [0.3, 0.4) is 0 Å². The SMILES string of the molecule is CC(=O)O[C@@H]1O[C@H]2OC(=O)[C@H](C)C3=C([C@@]4(C)CCCC(C)(C)C4)C[C@@H](OC(C)=O)[C@@H]1[C@H]32. The van der Waals surface area contributed by atoms with E-state index < -0.39 is 36.5 Å². The molecule has 172 valence electrons. The Labute approximate surface area is 183 Å². The van der Waals surface area contributed by atoms with Gasteiger partial charge in [-0.15, -0.1) is 0 Å². The van der Waals surface area contributed by atoms with Gasteiger partial charge in [-0.2, -0.15) is 0 Å². The average Bonchev–Trinajstić information content (AvgIpc) is 2.96. The highest BCUT2D eigenvalue weighted by Gasteiger charge is 2.62. The van der Waals surface area contributed by atoms with Crippen LogP contribution in [0.15, 0.2) is 11.1 Å². The molecule has 0 aromatic carbocycles. The second-order valence-corrected chi connectivity index (χ2v) is 10.8. The summed E-state index contributed by atoms with van der Waals surface area (Å²) in [6.07, 6.45) is 2.59. The summed E-state index contributed by atoms with van der Waals surface area (Å²) in [6.45, 7) is 11.5. The fraction of sp³-hybridized carbons (Fsp3) is 0.792. The number of carbonyl (C=O) groups is 3. The van der Waals surface area contributed by atoms with E-state index in [9.17, 15) is 14.4 Å². The van der Waals surface area contributed by atoms with Crippen LogP contribution in [0.1, 0.15) is 73.6 Å². The Morgan fingerprint density at radius 2 is 1.74 bits per heavy atom. The Bertz CT molecular complexity index is 828. The fourth-order valence-corrected chi connectivity index (χ4v) is 6.72. The van der Waals surface area contributed by atoms with Gasteiger partial charge in [0.05, 0.1) is 17.8 Å². The quantitative estimate of drug-likeness (QED) is 0.378. The molecule has 7 nitrogen and oxygen atoms in total. The number of rotatable bonds is 3. The maximum absolute atomic E-state index is 12.8. The topological polar surface area (TPSA) is 88.1 Å². The summed E-state index contributed by atoms with van der Waals surface area (Å²) in [5.74, 6) is -2.27. The number of hydrogen-bond donors (Lipinski definition) is 0. The van der Waals surface area contributed by atoms with Crippen molar-refractivity contribution >= 4 is 17.9 Å². The van der Waals surface area contributed by atoms with E-state index in [2.05, 4.69) is 20.8 Å². The van der Waals surface area contributed by atoms with E-state index in [0.717, 1.165) is 24.8 Å². The largest absolute Gasteiger partial charge is 0.462 e. The standard InChI is InChI=1S/C24H34O7/c1-12-17-15(24(6)9-7-8-23(4,5)11-24)10-16(28-13(2)25)18-19(17)22(30-20(12)27)31-21(18)29-14(3)26/h12,16,18-19,21-22H,7-11H2,1-6H3/t12-,16-,18-,19+,21-,22-,24+/m1/s1. The van der Waals surface area contributed by atoms with Gasteiger partial charge in [-0.1, -0.05) is 32.8 Å². The van der Waals surface area contributed by atoms with Crippen molar-refractivity contribution in [3.05, 3.63) is 11.1 Å². The summed E-state index contributed by atoms with van der Waals surface area (Å²) < 4.78 is 22.7. The van der Waals surface area contributed by atoms with Gasteiger partial charge in [0.25, 0.3) is 0 Å². The number of ether oxygens (including phenoxy) is 4. The van der Waals surface area contributed by atoms with Gasteiger partial charge in [-0.25, -0.2) is 0 Å². The van der Waals surface area contributed by atoms with Crippen LogP contribution in [0.25, 0.3) is 0 Å². The molecule has 4 aliphatic rings. The molecule has 0 aromatic rings. The Hall–Kier alpha value is -1.89. The lowest BCUT2D eigenvalue weighted by Gasteiger charge is -2.50. The molecule has 31 heavy (non-hydrogen) atoms. The van der Waals surface area contributed by atoms with Gasteiger partial charge in [0.15, 0.2) is 0 Å². The molecule has 0 aromatic heterocycles. The second kappa shape index (κ2) is 7.61. The molecule has 0 amide bonds. The van der Waals surface area contributed by atoms with Crippen LogP contribution in [0.4, 0.5) is 0 Å². The smallest absolute Gasteiger partial charge is 0.315 e. The van der Waals surface area contributed by atoms with Crippen LogP contribution in [0.5, 0.6) is 0 Å². The predicted molar refractivity (Wildman–Crippen MR) is 110 cm³/mol. The average molecular weight is 435 g/mol. The number of carbonyl (C=O) groups excluding carboxylic acids is 3. The third-order valence-corrected chi connectivity index (χ3v) is 7.66. The van der Waals surface area contributed by atoms with Gasteiger partial charge in [-0.3, -0.25) is 14.4 Å². The first-order valence-corrected chi connectivity index (χ1v) is 11.4. The van der Waals surface area contributed by atoms with Gasteiger partial charge >= 0.3 is 17.9 Å². The van der Waals surface area contributed by atoms with Gasteiger partial charge in [-0.05, 0) is 42.6 Å². The molecule has 2 aliphatic heterocycles. The first-order chi connectivity index (χ1) is 14.4. The van der Waals surface area contributed by atoms with Crippen LogP contribution in [-0.4, -0.2) is 36.6 Å². The van der Waals surface area contributed by atoms with Crippen LogP contribution >= 0.6 is 0 Å². The minimum Gasteiger partial charge on any atom is -0.462 e. The van der Waals surface area contributed by atoms with Crippen LogP contribution in [0, 0.1) is 28.6 Å². The summed E-state index contributed by atoms with van der Waals surface area (Å²) in [7, 11) is 0. The monoisotopic (exact) mass is 434 g/mol. The molecule has 0 bridgehead atoms. The third-order valence-electron chi connectivity index (χ3n) is 7.66. The molecular weight excluding hydrogens is 400 g/mol. The van der Waals surface area contributed by atoms with E-state index in [1.807, 2.05) is 6.92 Å². The molecule has 0 spiro atoms. The van der Waals surface area contributed by atoms with Crippen molar-refractivity contribution in [3.8, 4) is 0 Å². The number of esters is 3. The van der Waals surface area contributed by atoms with Gasteiger partial charge < -0.3 is 18.9 Å². The Morgan fingerprint density at radius 3 is 2.35 bits per heavy atom. The van der Waals surface area contributed by atoms with Crippen molar-refractivity contribution in [2.24, 2.45) is 28.6 Å². The third kappa shape index (κ3) is 3.90. The lowest BCUT2D eigenvalue weighted by atomic mass is 9.56. The molecule has 7 atom stereocenters. The number of hydrogen-bond acceptors (Lipinski definition) is 7. The van der Waals surface area contributed by atoms with Gasteiger partial charge in [0.2, 0.25) is 12.6 Å². The first-order valence-electron chi connectivity index (χ1n) is 11.4. The van der Waals surface area contributed by atoms with Crippen molar-refractivity contribution in [1.29, 1.82) is 0 Å². The molecule has 1 saturated carbocycles. The van der Waals surface area contributed by atoms with Crippen molar-refractivity contribution in [2.45, 2.75) is 92.3 Å².